The predicted octanol–water partition coefficient (Wildman–Crippen LogP) is 2.16. The number of H-pyrrole nitrogens is 1. The average molecular weight is 354 g/mol. The monoisotopic (exact) mass is 354 g/mol. The van der Waals surface area contributed by atoms with E-state index in [0.717, 1.165) is 49.3 Å². The van der Waals surface area contributed by atoms with Crippen LogP contribution in [0.25, 0.3) is 11.0 Å². The first-order valence-corrected chi connectivity index (χ1v) is 9.30. The highest BCUT2D eigenvalue weighted by Gasteiger charge is 2.48. The number of rotatable bonds is 2. The number of hydrogen-bond acceptors (Lipinski definition) is 6. The number of hydrogen-bond donors (Lipinski definition) is 1. The normalized spacial score (nSPS) is 19.4. The second kappa shape index (κ2) is 5.52. The maximum absolute atomic E-state index is 12.8. The number of anilines is 1. The number of nitrogens with zero attached hydrogens (tertiary/aromatic N) is 5. The third kappa shape index (κ3) is 2.57. The van der Waals surface area contributed by atoms with Crippen molar-refractivity contribution in [1.82, 2.24) is 24.2 Å². The fraction of sp³-hybridized carbons (Fsp3) is 0.412. The van der Waals surface area contributed by atoms with Crippen LogP contribution in [0.4, 0.5) is 5.82 Å². The quantitative estimate of drug-likeness (QED) is 0.763. The van der Waals surface area contributed by atoms with E-state index < -0.39 is 0 Å². The second-order valence-corrected chi connectivity index (χ2v) is 7.66. The van der Waals surface area contributed by atoms with Gasteiger partial charge in [-0.3, -0.25) is 4.79 Å². The molecule has 0 unspecified atom stereocenters. The van der Waals surface area contributed by atoms with Crippen LogP contribution in [0.5, 0.6) is 0 Å². The zero-order chi connectivity index (χ0) is 16.9. The Bertz CT molecular complexity index is 916. The molecule has 2 aliphatic rings. The van der Waals surface area contributed by atoms with Gasteiger partial charge in [0.05, 0.1) is 17.1 Å². The van der Waals surface area contributed by atoms with Gasteiger partial charge in [-0.1, -0.05) is 0 Å². The molecule has 1 saturated carbocycles. The molecule has 2 fully saturated rings. The van der Waals surface area contributed by atoms with E-state index in [-0.39, 0.29) is 11.3 Å². The Hall–Kier alpha value is -2.48. The minimum Gasteiger partial charge on any atom is -0.354 e. The molecule has 1 aliphatic heterocycles. The molecule has 0 atom stereocenters. The zero-order valence-corrected chi connectivity index (χ0v) is 14.5. The molecule has 1 saturated heterocycles. The summed E-state index contributed by atoms with van der Waals surface area (Å²) in [6.45, 7) is 3.24. The molecule has 8 heteroatoms. The van der Waals surface area contributed by atoms with Crippen molar-refractivity contribution in [3.05, 3.63) is 35.7 Å². The first-order valence-electron chi connectivity index (χ1n) is 8.46. The number of amides is 1. The summed E-state index contributed by atoms with van der Waals surface area (Å²) in [5.74, 6) is 1.06. The Morgan fingerprint density at radius 3 is 2.96 bits per heavy atom. The van der Waals surface area contributed by atoms with E-state index in [2.05, 4.69) is 24.2 Å². The van der Waals surface area contributed by atoms with Gasteiger partial charge in [0.15, 0.2) is 0 Å². The third-order valence-electron chi connectivity index (χ3n) is 5.25. The van der Waals surface area contributed by atoms with Gasteiger partial charge in [0.2, 0.25) is 0 Å². The summed E-state index contributed by atoms with van der Waals surface area (Å²) in [7, 11) is 0. The van der Waals surface area contributed by atoms with Gasteiger partial charge in [0, 0.05) is 43.2 Å². The smallest absolute Gasteiger partial charge is 0.256 e. The molecule has 0 bridgehead atoms. The second-order valence-electron chi connectivity index (χ2n) is 7.00. The van der Waals surface area contributed by atoms with E-state index in [0.29, 0.717) is 12.1 Å². The molecule has 7 nitrogen and oxygen atoms in total. The Balaban J connectivity index is 1.45. The van der Waals surface area contributed by atoms with Crippen molar-refractivity contribution in [1.29, 1.82) is 0 Å². The van der Waals surface area contributed by atoms with E-state index >= 15 is 0 Å². The number of carbonyl (C=O) groups excluding carboxylic acids is 1. The molecule has 3 aromatic heterocycles. The van der Waals surface area contributed by atoms with Gasteiger partial charge in [0.1, 0.15) is 17.8 Å². The minimum atomic E-state index is 0.0938. The topological polar surface area (TPSA) is 78.0 Å². The molecule has 1 spiro atoms. The highest BCUT2D eigenvalue weighted by molar-refractivity contribution is 7.03. The molecule has 0 radical (unpaired) electrons. The van der Waals surface area contributed by atoms with Gasteiger partial charge >= 0.3 is 0 Å². The zero-order valence-electron chi connectivity index (χ0n) is 13.7. The number of nitrogens with one attached hydrogen (secondary N) is 1. The maximum atomic E-state index is 12.8. The SMILES string of the molecule is O=C(c1cnsc1)N1CCN(c2ncnc3[nH]ccc23)CC2(CC2)C1. The largest absolute Gasteiger partial charge is 0.354 e. The molecule has 4 heterocycles. The van der Waals surface area contributed by atoms with E-state index in [1.54, 1.807) is 12.5 Å². The van der Waals surface area contributed by atoms with Crippen molar-refractivity contribution >= 4 is 34.3 Å². The molecule has 128 valence electrons. The van der Waals surface area contributed by atoms with Gasteiger partial charge in [-0.2, -0.15) is 0 Å². The fourth-order valence-electron chi connectivity index (χ4n) is 3.71. The van der Waals surface area contributed by atoms with Crippen LogP contribution >= 0.6 is 11.5 Å². The number of carbonyl (C=O) groups is 1. The minimum absolute atomic E-state index is 0.0938. The van der Waals surface area contributed by atoms with Crippen LogP contribution in [0.2, 0.25) is 0 Å². The molecule has 1 aliphatic carbocycles. The van der Waals surface area contributed by atoms with E-state index in [9.17, 15) is 4.79 Å². The van der Waals surface area contributed by atoms with Gasteiger partial charge in [-0.25, -0.2) is 14.3 Å². The van der Waals surface area contributed by atoms with E-state index in [1.165, 1.54) is 11.5 Å². The summed E-state index contributed by atoms with van der Waals surface area (Å²) in [6, 6.07) is 2.02. The summed E-state index contributed by atoms with van der Waals surface area (Å²) in [4.78, 5) is 29.1. The molecule has 5 rings (SSSR count). The third-order valence-corrected chi connectivity index (χ3v) is 5.83. The van der Waals surface area contributed by atoms with Crippen LogP contribution < -0.4 is 4.90 Å². The molecule has 1 N–H and O–H groups in total. The van der Waals surface area contributed by atoms with E-state index in [1.807, 2.05) is 22.5 Å². The van der Waals surface area contributed by atoms with Crippen molar-refractivity contribution in [2.24, 2.45) is 5.41 Å². The Labute approximate surface area is 148 Å². The standard InChI is InChI=1S/C17H18N6OS/c24-16(12-7-21-25-8-12)23-6-5-22(9-17(10-23)2-3-17)15-13-1-4-18-14(13)19-11-20-15/h1,4,7-8,11H,2-3,5-6,9-10H2,(H,18,19,20). The van der Waals surface area contributed by atoms with Crippen molar-refractivity contribution < 1.29 is 4.79 Å². The van der Waals surface area contributed by atoms with Gasteiger partial charge in [-0.15, -0.1) is 0 Å². The maximum Gasteiger partial charge on any atom is 0.256 e. The molecule has 25 heavy (non-hydrogen) atoms. The summed E-state index contributed by atoms with van der Waals surface area (Å²) in [5.41, 5.74) is 1.75. The lowest BCUT2D eigenvalue weighted by Crippen LogP contribution is -2.36. The lowest BCUT2D eigenvalue weighted by atomic mass is 10.1. The van der Waals surface area contributed by atoms with Crippen LogP contribution in [0.3, 0.4) is 0 Å². The molecule has 3 aromatic rings. The number of fused-ring (bicyclic) bond motifs is 1. The molecular formula is C17H18N6OS. The summed E-state index contributed by atoms with van der Waals surface area (Å²) < 4.78 is 4.07. The van der Waals surface area contributed by atoms with Crippen LogP contribution in [0.1, 0.15) is 23.2 Å². The van der Waals surface area contributed by atoms with E-state index in [4.69, 9.17) is 0 Å². The van der Waals surface area contributed by atoms with Crippen molar-refractivity contribution in [2.75, 3.05) is 31.1 Å². The highest BCUT2D eigenvalue weighted by Crippen LogP contribution is 2.48. The summed E-state index contributed by atoms with van der Waals surface area (Å²) in [6.07, 6.45) is 7.50. The fourth-order valence-corrected chi connectivity index (χ4v) is 4.22. The van der Waals surface area contributed by atoms with Crippen LogP contribution in [-0.4, -0.2) is 56.3 Å². The van der Waals surface area contributed by atoms with Crippen LogP contribution in [0.15, 0.2) is 30.2 Å². The van der Waals surface area contributed by atoms with Crippen LogP contribution in [0, 0.1) is 5.41 Å². The van der Waals surface area contributed by atoms with Crippen molar-refractivity contribution in [2.45, 2.75) is 12.8 Å². The Morgan fingerprint density at radius 1 is 1.24 bits per heavy atom. The molecule has 1 amide bonds. The summed E-state index contributed by atoms with van der Waals surface area (Å²) in [5, 5.41) is 2.87. The molecular weight excluding hydrogens is 336 g/mol. The van der Waals surface area contributed by atoms with Gasteiger partial charge in [-0.05, 0) is 30.4 Å². The Morgan fingerprint density at radius 2 is 2.16 bits per heavy atom. The lowest BCUT2D eigenvalue weighted by molar-refractivity contribution is 0.0741. The molecule has 0 aromatic carbocycles. The van der Waals surface area contributed by atoms with Gasteiger partial charge in [0.25, 0.3) is 5.91 Å². The van der Waals surface area contributed by atoms with Crippen molar-refractivity contribution in [3.63, 3.8) is 0 Å². The van der Waals surface area contributed by atoms with Crippen LogP contribution in [-0.2, 0) is 0 Å². The Kier molecular flexibility index (Phi) is 3.27. The van der Waals surface area contributed by atoms with Crippen molar-refractivity contribution in [3.8, 4) is 0 Å². The predicted molar refractivity (Wildman–Crippen MR) is 95.8 cm³/mol. The number of aromatic nitrogens is 4. The average Bonchev–Trinajstić information content (AvgIpc) is 3.03. The first-order chi connectivity index (χ1) is 12.2. The van der Waals surface area contributed by atoms with Gasteiger partial charge < -0.3 is 14.8 Å². The first kappa shape index (κ1) is 14.8. The summed E-state index contributed by atoms with van der Waals surface area (Å²) >= 11 is 1.32. The lowest BCUT2D eigenvalue weighted by Gasteiger charge is -2.25. The highest BCUT2D eigenvalue weighted by atomic mass is 32.1. The number of aromatic amines is 1.